The van der Waals surface area contributed by atoms with Gasteiger partial charge in [0, 0.05) is 11.6 Å². The second-order valence-corrected chi connectivity index (χ2v) is 2.86. The standard InChI is InChI=1S/C10H8F3NO2/c1-15-8-3-2-7(4-5-14)9(6-8)16-10(11,12)13/h2-3,6H,4H2,1H3. The lowest BCUT2D eigenvalue weighted by atomic mass is 10.1. The number of hydrogen-bond acceptors (Lipinski definition) is 3. The van der Waals surface area contributed by atoms with Gasteiger partial charge in [-0.2, -0.15) is 5.26 Å². The van der Waals surface area contributed by atoms with Gasteiger partial charge in [0.15, 0.2) is 0 Å². The fourth-order valence-electron chi connectivity index (χ4n) is 1.11. The molecule has 1 rings (SSSR count). The molecule has 0 heterocycles. The summed E-state index contributed by atoms with van der Waals surface area (Å²) in [6.45, 7) is 0. The molecule has 0 N–H and O–H groups in total. The van der Waals surface area contributed by atoms with E-state index in [1.165, 1.54) is 19.2 Å². The lowest BCUT2D eigenvalue weighted by Gasteiger charge is -2.12. The number of nitriles is 1. The molecule has 1 aromatic rings. The highest BCUT2D eigenvalue weighted by Gasteiger charge is 2.32. The van der Waals surface area contributed by atoms with Crippen LogP contribution in [0, 0.1) is 11.3 Å². The van der Waals surface area contributed by atoms with Crippen LogP contribution in [0.4, 0.5) is 13.2 Å². The smallest absolute Gasteiger partial charge is 0.497 e. The molecule has 0 aliphatic carbocycles. The molecule has 0 amide bonds. The second-order valence-electron chi connectivity index (χ2n) is 2.86. The van der Waals surface area contributed by atoms with Crippen LogP contribution in [0.15, 0.2) is 18.2 Å². The number of ether oxygens (including phenoxy) is 2. The third-order valence-corrected chi connectivity index (χ3v) is 1.77. The minimum atomic E-state index is -4.78. The van der Waals surface area contributed by atoms with Crippen molar-refractivity contribution < 1.29 is 22.6 Å². The highest BCUT2D eigenvalue weighted by Crippen LogP contribution is 2.30. The summed E-state index contributed by atoms with van der Waals surface area (Å²) in [5.74, 6) is -0.172. The molecule has 0 radical (unpaired) electrons. The molecule has 0 spiro atoms. The van der Waals surface area contributed by atoms with Gasteiger partial charge in [-0.1, -0.05) is 6.07 Å². The lowest BCUT2D eigenvalue weighted by Crippen LogP contribution is -2.18. The van der Waals surface area contributed by atoms with Crippen molar-refractivity contribution in [2.45, 2.75) is 12.8 Å². The number of alkyl halides is 3. The van der Waals surface area contributed by atoms with E-state index in [0.29, 0.717) is 0 Å². The van der Waals surface area contributed by atoms with Gasteiger partial charge in [0.05, 0.1) is 19.6 Å². The summed E-state index contributed by atoms with van der Waals surface area (Å²) in [5.41, 5.74) is 0.167. The van der Waals surface area contributed by atoms with Crippen molar-refractivity contribution in [1.82, 2.24) is 0 Å². The van der Waals surface area contributed by atoms with Crippen LogP contribution in [0.3, 0.4) is 0 Å². The van der Waals surface area contributed by atoms with Gasteiger partial charge in [0.1, 0.15) is 11.5 Å². The van der Waals surface area contributed by atoms with E-state index >= 15 is 0 Å². The van der Waals surface area contributed by atoms with Gasteiger partial charge in [0.25, 0.3) is 0 Å². The Kier molecular flexibility index (Phi) is 3.61. The van der Waals surface area contributed by atoms with Crippen LogP contribution < -0.4 is 9.47 Å². The van der Waals surface area contributed by atoms with E-state index in [0.717, 1.165) is 6.07 Å². The maximum absolute atomic E-state index is 12.1. The van der Waals surface area contributed by atoms with Crippen molar-refractivity contribution in [2.24, 2.45) is 0 Å². The molecule has 86 valence electrons. The monoisotopic (exact) mass is 231 g/mol. The minimum Gasteiger partial charge on any atom is -0.497 e. The van der Waals surface area contributed by atoms with Crippen LogP contribution in [-0.2, 0) is 6.42 Å². The first-order valence-corrected chi connectivity index (χ1v) is 4.26. The largest absolute Gasteiger partial charge is 0.573 e. The Morgan fingerprint density at radius 2 is 2.06 bits per heavy atom. The summed E-state index contributed by atoms with van der Waals surface area (Å²) < 4.78 is 44.7. The Hall–Kier alpha value is -1.90. The van der Waals surface area contributed by atoms with Crippen LogP contribution >= 0.6 is 0 Å². The summed E-state index contributed by atoms with van der Waals surface area (Å²) in [6.07, 6.45) is -4.94. The SMILES string of the molecule is COc1ccc(CC#N)c(OC(F)(F)F)c1. The van der Waals surface area contributed by atoms with Crippen LogP contribution in [-0.4, -0.2) is 13.5 Å². The molecule has 0 aliphatic rings. The average Bonchev–Trinajstić information content (AvgIpc) is 2.18. The fourth-order valence-corrected chi connectivity index (χ4v) is 1.11. The highest BCUT2D eigenvalue weighted by molar-refractivity contribution is 5.42. The van der Waals surface area contributed by atoms with Gasteiger partial charge in [0.2, 0.25) is 0 Å². The van der Waals surface area contributed by atoms with Gasteiger partial charge in [-0.15, -0.1) is 13.2 Å². The number of hydrogen-bond donors (Lipinski definition) is 0. The zero-order valence-electron chi connectivity index (χ0n) is 8.34. The van der Waals surface area contributed by atoms with E-state index in [4.69, 9.17) is 10.00 Å². The molecule has 0 fully saturated rings. The number of nitrogens with zero attached hydrogens (tertiary/aromatic N) is 1. The molecule has 0 aliphatic heterocycles. The van der Waals surface area contributed by atoms with Crippen molar-refractivity contribution in [2.75, 3.05) is 7.11 Å². The van der Waals surface area contributed by atoms with E-state index in [1.54, 1.807) is 6.07 Å². The zero-order chi connectivity index (χ0) is 12.2. The summed E-state index contributed by atoms with van der Waals surface area (Å²) in [7, 11) is 1.33. The molecule has 0 saturated carbocycles. The van der Waals surface area contributed by atoms with E-state index < -0.39 is 12.1 Å². The maximum atomic E-state index is 12.1. The van der Waals surface area contributed by atoms with Crippen molar-refractivity contribution in [1.29, 1.82) is 5.26 Å². The molecule has 0 bridgehead atoms. The van der Waals surface area contributed by atoms with E-state index in [9.17, 15) is 13.2 Å². The molecule has 0 saturated heterocycles. The highest BCUT2D eigenvalue weighted by atomic mass is 19.4. The summed E-state index contributed by atoms with van der Waals surface area (Å²) >= 11 is 0. The molecule has 0 unspecified atom stereocenters. The predicted molar refractivity (Wildman–Crippen MR) is 49.0 cm³/mol. The summed E-state index contributed by atoms with van der Waals surface area (Å²) in [6, 6.07) is 5.69. The van der Waals surface area contributed by atoms with E-state index in [2.05, 4.69) is 4.74 Å². The predicted octanol–water partition coefficient (Wildman–Crippen LogP) is 2.66. The van der Waals surface area contributed by atoms with Crippen molar-refractivity contribution in [3.05, 3.63) is 23.8 Å². The number of methoxy groups -OCH3 is 1. The number of rotatable bonds is 3. The van der Waals surface area contributed by atoms with Gasteiger partial charge < -0.3 is 9.47 Å². The van der Waals surface area contributed by atoms with Crippen LogP contribution in [0.1, 0.15) is 5.56 Å². The number of benzene rings is 1. The first-order valence-electron chi connectivity index (χ1n) is 4.26. The van der Waals surface area contributed by atoms with Crippen molar-refractivity contribution in [3.63, 3.8) is 0 Å². The molecular formula is C10H8F3NO2. The molecular weight excluding hydrogens is 223 g/mol. The van der Waals surface area contributed by atoms with E-state index in [-0.39, 0.29) is 17.7 Å². The topological polar surface area (TPSA) is 42.2 Å². The van der Waals surface area contributed by atoms with Crippen molar-refractivity contribution >= 4 is 0 Å². The first-order chi connectivity index (χ1) is 7.46. The Bertz CT molecular complexity index is 410. The maximum Gasteiger partial charge on any atom is 0.573 e. The minimum absolute atomic E-state index is 0.157. The Labute approximate surface area is 90.0 Å². The fraction of sp³-hybridized carbons (Fsp3) is 0.300. The van der Waals surface area contributed by atoms with Gasteiger partial charge in [-0.3, -0.25) is 0 Å². The molecule has 0 aromatic heterocycles. The third kappa shape index (κ3) is 3.35. The van der Waals surface area contributed by atoms with Gasteiger partial charge >= 0.3 is 6.36 Å². The van der Waals surface area contributed by atoms with Crippen LogP contribution in [0.5, 0.6) is 11.5 Å². The number of halogens is 3. The quantitative estimate of drug-likeness (QED) is 0.803. The van der Waals surface area contributed by atoms with Crippen LogP contribution in [0.25, 0.3) is 0 Å². The summed E-state index contributed by atoms with van der Waals surface area (Å²) in [5, 5.41) is 8.45. The Morgan fingerprint density at radius 3 is 2.56 bits per heavy atom. The van der Waals surface area contributed by atoms with Crippen molar-refractivity contribution in [3.8, 4) is 17.6 Å². The van der Waals surface area contributed by atoms with E-state index in [1.807, 2.05) is 0 Å². The molecule has 6 heteroatoms. The summed E-state index contributed by atoms with van der Waals surface area (Å²) in [4.78, 5) is 0. The molecule has 1 aromatic carbocycles. The first kappa shape index (κ1) is 12.2. The Balaban J connectivity index is 3.06. The van der Waals surface area contributed by atoms with Crippen LogP contribution in [0.2, 0.25) is 0 Å². The zero-order valence-corrected chi connectivity index (χ0v) is 8.34. The molecule has 0 atom stereocenters. The Morgan fingerprint density at radius 1 is 1.38 bits per heavy atom. The third-order valence-electron chi connectivity index (χ3n) is 1.77. The lowest BCUT2D eigenvalue weighted by molar-refractivity contribution is -0.274. The normalized spacial score (nSPS) is 10.7. The van der Waals surface area contributed by atoms with Gasteiger partial charge in [-0.25, -0.2) is 0 Å². The molecule has 16 heavy (non-hydrogen) atoms. The average molecular weight is 231 g/mol. The molecule has 3 nitrogen and oxygen atoms in total. The second kappa shape index (κ2) is 4.75. The van der Waals surface area contributed by atoms with Gasteiger partial charge in [-0.05, 0) is 6.07 Å².